The number of hydrogen-bond donors (Lipinski definition) is 0. The molecule has 0 spiro atoms. The van der Waals surface area contributed by atoms with Crippen molar-refractivity contribution in [2.75, 3.05) is 11.9 Å². The molecule has 1 amide bonds. The fraction of sp³-hybridized carbons (Fsp3) is 0.615. The number of aryl methyl sites for hydroxylation is 1. The van der Waals surface area contributed by atoms with Gasteiger partial charge in [-0.2, -0.15) is 5.10 Å². The Hall–Kier alpha value is -1.79. The topological polar surface area (TPSA) is 50.5 Å². The Labute approximate surface area is 115 Å². The molecule has 7 heteroatoms. The predicted molar refractivity (Wildman–Crippen MR) is 70.3 cm³/mol. The molecular weight excluding hydrogens is 266 g/mol. The number of carbonyl (C=O) groups is 1. The second-order valence-corrected chi connectivity index (χ2v) is 5.47. The Balaban J connectivity index is 1.81. The lowest BCUT2D eigenvalue weighted by atomic mass is 10.2. The van der Waals surface area contributed by atoms with Crippen LogP contribution in [0, 0.1) is 5.92 Å². The summed E-state index contributed by atoms with van der Waals surface area (Å²) >= 11 is 0. The van der Waals surface area contributed by atoms with Crippen molar-refractivity contribution in [3.05, 3.63) is 11.8 Å². The molecule has 20 heavy (non-hydrogen) atoms. The largest absolute Gasteiger partial charge is 0.298 e. The van der Waals surface area contributed by atoms with E-state index in [1.54, 1.807) is 17.8 Å². The van der Waals surface area contributed by atoms with E-state index in [1.807, 2.05) is 0 Å². The van der Waals surface area contributed by atoms with Gasteiger partial charge >= 0.3 is 0 Å². The highest BCUT2D eigenvalue weighted by atomic mass is 19.3. The number of fused-ring (bicyclic) bond motifs is 1. The minimum atomic E-state index is -2.54. The lowest BCUT2D eigenvalue weighted by Crippen LogP contribution is -2.34. The van der Waals surface area contributed by atoms with Crippen molar-refractivity contribution in [2.24, 2.45) is 10.9 Å². The summed E-state index contributed by atoms with van der Waals surface area (Å²) in [5.74, 6) is -2.65. The first kappa shape index (κ1) is 13.2. The maximum Gasteiger partial charge on any atom is 0.252 e. The van der Waals surface area contributed by atoms with Crippen LogP contribution in [-0.2, 0) is 17.8 Å². The molecule has 0 N–H and O–H groups in total. The number of aliphatic imine (C=N–C) groups is 1. The van der Waals surface area contributed by atoms with Gasteiger partial charge in [0.2, 0.25) is 0 Å². The third-order valence-electron chi connectivity index (χ3n) is 4.01. The third-order valence-corrected chi connectivity index (χ3v) is 4.01. The van der Waals surface area contributed by atoms with Crippen molar-refractivity contribution < 1.29 is 13.6 Å². The van der Waals surface area contributed by atoms with Gasteiger partial charge in [-0.15, -0.1) is 0 Å². The minimum Gasteiger partial charge on any atom is -0.298 e. The number of halogens is 2. The van der Waals surface area contributed by atoms with Crippen molar-refractivity contribution in [2.45, 2.75) is 37.8 Å². The SMILES string of the molecule is C=NC1CCn2nc(CC3CC3(F)F)cc2N(C)C1=O. The summed E-state index contributed by atoms with van der Waals surface area (Å²) in [4.78, 5) is 17.4. The number of carbonyl (C=O) groups excluding carboxylic acids is 1. The molecule has 0 radical (unpaired) electrons. The highest BCUT2D eigenvalue weighted by Crippen LogP contribution is 2.50. The first-order valence-corrected chi connectivity index (χ1v) is 6.60. The van der Waals surface area contributed by atoms with Gasteiger partial charge in [-0.05, 0) is 13.1 Å². The normalized spacial score (nSPS) is 27.9. The highest BCUT2D eigenvalue weighted by Gasteiger charge is 2.56. The van der Waals surface area contributed by atoms with E-state index in [0.717, 1.165) is 0 Å². The van der Waals surface area contributed by atoms with Gasteiger partial charge in [0, 0.05) is 38.4 Å². The van der Waals surface area contributed by atoms with Gasteiger partial charge in [-0.25, -0.2) is 13.5 Å². The van der Waals surface area contributed by atoms with Crippen LogP contribution >= 0.6 is 0 Å². The molecule has 1 aromatic rings. The number of aromatic nitrogens is 2. The molecule has 1 aliphatic heterocycles. The Morgan fingerprint density at radius 1 is 1.60 bits per heavy atom. The smallest absolute Gasteiger partial charge is 0.252 e. The van der Waals surface area contributed by atoms with E-state index in [2.05, 4.69) is 16.8 Å². The summed E-state index contributed by atoms with van der Waals surface area (Å²) in [6, 6.07) is 1.26. The zero-order valence-electron chi connectivity index (χ0n) is 11.2. The van der Waals surface area contributed by atoms with Crippen LogP contribution in [0.25, 0.3) is 0 Å². The molecule has 1 fully saturated rings. The summed E-state index contributed by atoms with van der Waals surface area (Å²) in [5, 5.41) is 4.34. The average Bonchev–Trinajstić information content (AvgIpc) is 2.85. The Morgan fingerprint density at radius 2 is 2.30 bits per heavy atom. The monoisotopic (exact) mass is 282 g/mol. The molecule has 1 aromatic heterocycles. The molecule has 5 nitrogen and oxygen atoms in total. The van der Waals surface area contributed by atoms with Crippen molar-refractivity contribution in [3.8, 4) is 0 Å². The molecule has 0 bridgehead atoms. The summed E-state index contributed by atoms with van der Waals surface area (Å²) in [6.07, 6.45) is 0.727. The summed E-state index contributed by atoms with van der Waals surface area (Å²) < 4.78 is 27.6. The number of anilines is 1. The van der Waals surface area contributed by atoms with Crippen LogP contribution in [0.15, 0.2) is 11.1 Å². The van der Waals surface area contributed by atoms with Gasteiger partial charge in [0.25, 0.3) is 11.8 Å². The quantitative estimate of drug-likeness (QED) is 0.789. The van der Waals surface area contributed by atoms with Crippen LogP contribution in [0.3, 0.4) is 0 Å². The number of nitrogens with zero attached hydrogens (tertiary/aromatic N) is 4. The summed E-state index contributed by atoms with van der Waals surface area (Å²) in [6.45, 7) is 3.97. The predicted octanol–water partition coefficient (Wildman–Crippen LogP) is 1.52. The van der Waals surface area contributed by atoms with Crippen LogP contribution in [-0.4, -0.2) is 41.4 Å². The first-order chi connectivity index (χ1) is 9.42. The Morgan fingerprint density at radius 3 is 2.90 bits per heavy atom. The van der Waals surface area contributed by atoms with Crippen molar-refractivity contribution in [1.82, 2.24) is 9.78 Å². The van der Waals surface area contributed by atoms with E-state index in [1.165, 1.54) is 4.90 Å². The lowest BCUT2D eigenvalue weighted by molar-refractivity contribution is -0.119. The van der Waals surface area contributed by atoms with E-state index in [-0.39, 0.29) is 18.7 Å². The van der Waals surface area contributed by atoms with E-state index in [0.29, 0.717) is 24.5 Å². The molecule has 2 unspecified atom stereocenters. The first-order valence-electron chi connectivity index (χ1n) is 6.60. The van der Waals surface area contributed by atoms with Gasteiger partial charge in [0.15, 0.2) is 0 Å². The second-order valence-electron chi connectivity index (χ2n) is 5.47. The highest BCUT2D eigenvalue weighted by molar-refractivity contribution is 5.96. The van der Waals surface area contributed by atoms with Gasteiger partial charge in [-0.3, -0.25) is 14.7 Å². The van der Waals surface area contributed by atoms with Crippen molar-refractivity contribution >= 4 is 18.4 Å². The maximum atomic E-state index is 12.9. The fourth-order valence-corrected chi connectivity index (χ4v) is 2.61. The Bertz CT molecular complexity index is 569. The summed E-state index contributed by atoms with van der Waals surface area (Å²) in [5.41, 5.74) is 0.617. The molecule has 0 aromatic carbocycles. The fourth-order valence-electron chi connectivity index (χ4n) is 2.61. The van der Waals surface area contributed by atoms with Gasteiger partial charge in [0.05, 0.1) is 5.69 Å². The van der Waals surface area contributed by atoms with E-state index >= 15 is 0 Å². The zero-order chi connectivity index (χ0) is 14.5. The van der Waals surface area contributed by atoms with Crippen molar-refractivity contribution in [3.63, 3.8) is 0 Å². The summed E-state index contributed by atoms with van der Waals surface area (Å²) in [7, 11) is 1.65. The molecule has 2 heterocycles. The molecule has 108 valence electrons. The molecule has 3 rings (SSSR count). The number of alkyl halides is 2. The number of hydrogen-bond acceptors (Lipinski definition) is 3. The molecular formula is C13H16F2N4O. The molecule has 1 saturated carbocycles. The van der Waals surface area contributed by atoms with Crippen LogP contribution in [0.5, 0.6) is 0 Å². The number of amides is 1. The molecule has 2 atom stereocenters. The van der Waals surface area contributed by atoms with Crippen LogP contribution < -0.4 is 4.90 Å². The van der Waals surface area contributed by atoms with Crippen LogP contribution in [0.2, 0.25) is 0 Å². The van der Waals surface area contributed by atoms with Gasteiger partial charge < -0.3 is 0 Å². The number of rotatable bonds is 3. The van der Waals surface area contributed by atoms with E-state index in [4.69, 9.17) is 0 Å². The second kappa shape index (κ2) is 4.36. The van der Waals surface area contributed by atoms with E-state index in [9.17, 15) is 13.6 Å². The molecule has 1 aliphatic carbocycles. The van der Waals surface area contributed by atoms with Crippen molar-refractivity contribution in [1.29, 1.82) is 0 Å². The lowest BCUT2D eigenvalue weighted by Gasteiger charge is -2.16. The minimum absolute atomic E-state index is 0.0631. The van der Waals surface area contributed by atoms with Crippen LogP contribution in [0.1, 0.15) is 18.5 Å². The standard InChI is InChI=1S/C13H16F2N4O/c1-16-10-3-4-19-11(18(2)12(10)20)6-9(17-19)5-8-7-13(8,14)15/h6,8,10H,1,3-5,7H2,2H3. The third kappa shape index (κ3) is 2.10. The maximum absolute atomic E-state index is 12.9. The zero-order valence-corrected chi connectivity index (χ0v) is 11.2. The molecule has 0 saturated heterocycles. The van der Waals surface area contributed by atoms with Gasteiger partial charge in [0.1, 0.15) is 11.9 Å². The van der Waals surface area contributed by atoms with Gasteiger partial charge in [-0.1, -0.05) is 0 Å². The molecule has 2 aliphatic rings. The van der Waals surface area contributed by atoms with E-state index < -0.39 is 17.9 Å². The van der Waals surface area contributed by atoms with Crippen LogP contribution in [0.4, 0.5) is 14.6 Å². The number of likely N-dealkylation sites (N-methyl/N-ethyl adjacent to an activating group) is 1. The Kier molecular flexibility index (Phi) is 2.88. The average molecular weight is 282 g/mol.